The number of aliphatic hydroxyl groups is 1. The summed E-state index contributed by atoms with van der Waals surface area (Å²) in [5, 5.41) is 10.3. The average Bonchev–Trinajstić information content (AvgIpc) is 2.64. The van der Waals surface area contributed by atoms with Gasteiger partial charge >= 0.3 is 0 Å². The van der Waals surface area contributed by atoms with Crippen LogP contribution in [0.1, 0.15) is 22.8 Å². The highest BCUT2D eigenvalue weighted by atomic mass is 35.5. The molecule has 0 fully saturated rings. The Morgan fingerprint density at radius 3 is 1.96 bits per heavy atom. The van der Waals surface area contributed by atoms with Crippen molar-refractivity contribution in [3.8, 4) is 5.75 Å². The minimum atomic E-state index is -0.353. The summed E-state index contributed by atoms with van der Waals surface area (Å²) < 4.78 is 5.90. The molecule has 0 aliphatic heterocycles. The van der Waals surface area contributed by atoms with Gasteiger partial charge in [-0.25, -0.2) is 0 Å². The summed E-state index contributed by atoms with van der Waals surface area (Å²) in [4.78, 5) is 0. The topological polar surface area (TPSA) is 29.5 Å². The van der Waals surface area contributed by atoms with E-state index in [0.717, 1.165) is 22.8 Å². The molecule has 3 aromatic rings. The van der Waals surface area contributed by atoms with Gasteiger partial charge in [-0.2, -0.15) is 0 Å². The summed E-state index contributed by atoms with van der Waals surface area (Å²) in [6.07, 6.45) is 0.493. The fourth-order valence-corrected chi connectivity index (χ4v) is 2.69. The van der Waals surface area contributed by atoms with Gasteiger partial charge in [0.1, 0.15) is 11.9 Å². The molecule has 0 amide bonds. The van der Waals surface area contributed by atoms with Crippen molar-refractivity contribution < 1.29 is 9.84 Å². The number of hydrogen-bond acceptors (Lipinski definition) is 2. The summed E-state index contributed by atoms with van der Waals surface area (Å²) >= 11 is 5.91. The number of halogens is 1. The lowest BCUT2D eigenvalue weighted by Crippen LogP contribution is -2.11. The first kappa shape index (κ1) is 16.6. The van der Waals surface area contributed by atoms with Crippen molar-refractivity contribution in [2.24, 2.45) is 0 Å². The van der Waals surface area contributed by atoms with Gasteiger partial charge in [-0.05, 0) is 47.4 Å². The summed E-state index contributed by atoms with van der Waals surface area (Å²) in [5.74, 6) is 0.748. The molecular formula is C21H19ClO2. The van der Waals surface area contributed by atoms with Crippen LogP contribution in [0.3, 0.4) is 0 Å². The number of aliphatic hydroxyl groups excluding tert-OH is 1. The quantitative estimate of drug-likeness (QED) is 0.682. The van der Waals surface area contributed by atoms with Gasteiger partial charge in [-0.1, -0.05) is 66.2 Å². The molecule has 3 aromatic carbocycles. The van der Waals surface area contributed by atoms with E-state index in [9.17, 15) is 5.11 Å². The molecule has 0 saturated carbocycles. The summed E-state index contributed by atoms with van der Waals surface area (Å²) in [6, 6.07) is 25.6. The standard InChI is InChI=1S/C21H19ClO2/c22-19-10-6-16(7-11-19)14-17-8-12-20(13-9-17)24-21(15-23)18-4-2-1-3-5-18/h1-13,21,23H,14-15H2/t21-/m0/s1. The zero-order chi connectivity index (χ0) is 16.8. The number of hydrogen-bond donors (Lipinski definition) is 1. The van der Waals surface area contributed by atoms with Crippen LogP contribution in [0.4, 0.5) is 0 Å². The van der Waals surface area contributed by atoms with Crippen molar-refractivity contribution in [2.75, 3.05) is 6.61 Å². The van der Waals surface area contributed by atoms with Gasteiger partial charge in [-0.15, -0.1) is 0 Å². The zero-order valence-electron chi connectivity index (χ0n) is 13.2. The Bertz CT molecular complexity index is 752. The minimum absolute atomic E-state index is 0.0590. The molecular weight excluding hydrogens is 320 g/mol. The molecule has 0 spiro atoms. The molecule has 3 heteroatoms. The van der Waals surface area contributed by atoms with Gasteiger partial charge in [-0.3, -0.25) is 0 Å². The van der Waals surface area contributed by atoms with Crippen molar-refractivity contribution in [2.45, 2.75) is 12.5 Å². The molecule has 0 saturated heterocycles. The number of benzene rings is 3. The maximum Gasteiger partial charge on any atom is 0.147 e. The molecule has 1 N–H and O–H groups in total. The van der Waals surface area contributed by atoms with Crippen molar-refractivity contribution in [1.29, 1.82) is 0 Å². The molecule has 2 nitrogen and oxygen atoms in total. The third kappa shape index (κ3) is 4.38. The van der Waals surface area contributed by atoms with E-state index in [1.165, 1.54) is 11.1 Å². The Morgan fingerprint density at radius 2 is 1.38 bits per heavy atom. The van der Waals surface area contributed by atoms with Crippen LogP contribution >= 0.6 is 11.6 Å². The Hall–Kier alpha value is -2.29. The van der Waals surface area contributed by atoms with Gasteiger partial charge < -0.3 is 9.84 Å². The molecule has 0 unspecified atom stereocenters. The highest BCUT2D eigenvalue weighted by Crippen LogP contribution is 2.23. The van der Waals surface area contributed by atoms with E-state index in [1.54, 1.807) is 0 Å². The van der Waals surface area contributed by atoms with E-state index in [-0.39, 0.29) is 12.7 Å². The van der Waals surface area contributed by atoms with Crippen molar-refractivity contribution in [3.63, 3.8) is 0 Å². The van der Waals surface area contributed by atoms with Crippen LogP contribution in [0, 0.1) is 0 Å². The first-order valence-electron chi connectivity index (χ1n) is 7.90. The van der Waals surface area contributed by atoms with Crippen LogP contribution < -0.4 is 4.74 Å². The predicted octanol–water partition coefficient (Wildman–Crippen LogP) is 5.04. The molecule has 3 rings (SSSR count). The molecule has 24 heavy (non-hydrogen) atoms. The second-order valence-electron chi connectivity index (χ2n) is 5.65. The predicted molar refractivity (Wildman–Crippen MR) is 97.6 cm³/mol. The lowest BCUT2D eigenvalue weighted by molar-refractivity contribution is 0.116. The maximum absolute atomic E-state index is 9.58. The van der Waals surface area contributed by atoms with Crippen molar-refractivity contribution in [1.82, 2.24) is 0 Å². The van der Waals surface area contributed by atoms with Crippen LogP contribution in [0.2, 0.25) is 5.02 Å². The second kappa shape index (κ2) is 8.00. The van der Waals surface area contributed by atoms with E-state index in [0.29, 0.717) is 0 Å². The fraction of sp³-hybridized carbons (Fsp3) is 0.143. The third-order valence-corrected chi connectivity index (χ3v) is 4.11. The zero-order valence-corrected chi connectivity index (χ0v) is 14.0. The van der Waals surface area contributed by atoms with Gasteiger partial charge in [0, 0.05) is 5.02 Å². The largest absolute Gasteiger partial charge is 0.483 e. The van der Waals surface area contributed by atoms with E-state index < -0.39 is 0 Å². The van der Waals surface area contributed by atoms with Gasteiger partial charge in [0.15, 0.2) is 0 Å². The average molecular weight is 339 g/mol. The molecule has 0 radical (unpaired) electrons. The summed E-state index contributed by atoms with van der Waals surface area (Å²) in [6.45, 7) is -0.0590. The third-order valence-electron chi connectivity index (χ3n) is 3.86. The van der Waals surface area contributed by atoms with Crippen molar-refractivity contribution >= 4 is 11.6 Å². The molecule has 0 heterocycles. The normalized spacial score (nSPS) is 11.9. The monoisotopic (exact) mass is 338 g/mol. The minimum Gasteiger partial charge on any atom is -0.483 e. The van der Waals surface area contributed by atoms with Crippen LogP contribution in [0.5, 0.6) is 5.75 Å². The second-order valence-corrected chi connectivity index (χ2v) is 6.08. The van der Waals surface area contributed by atoms with Crippen LogP contribution in [-0.4, -0.2) is 11.7 Å². The Morgan fingerprint density at radius 1 is 0.792 bits per heavy atom. The SMILES string of the molecule is OC[C@H](Oc1ccc(Cc2ccc(Cl)cc2)cc1)c1ccccc1. The molecule has 0 aliphatic carbocycles. The van der Waals surface area contributed by atoms with Gasteiger partial charge in [0.2, 0.25) is 0 Å². The fourth-order valence-electron chi connectivity index (χ4n) is 2.57. The molecule has 0 bridgehead atoms. The first-order valence-corrected chi connectivity index (χ1v) is 8.28. The van der Waals surface area contributed by atoms with Gasteiger partial charge in [0.05, 0.1) is 6.61 Å². The molecule has 0 aromatic heterocycles. The Balaban J connectivity index is 1.66. The Kier molecular flexibility index (Phi) is 5.52. The van der Waals surface area contributed by atoms with Crippen LogP contribution in [0.25, 0.3) is 0 Å². The smallest absolute Gasteiger partial charge is 0.147 e. The lowest BCUT2D eigenvalue weighted by Gasteiger charge is -2.17. The van der Waals surface area contributed by atoms with E-state index in [2.05, 4.69) is 0 Å². The molecule has 0 aliphatic rings. The molecule has 122 valence electrons. The van der Waals surface area contributed by atoms with E-state index in [4.69, 9.17) is 16.3 Å². The van der Waals surface area contributed by atoms with Gasteiger partial charge in [0.25, 0.3) is 0 Å². The summed E-state index contributed by atoms with van der Waals surface area (Å²) in [5.41, 5.74) is 3.38. The van der Waals surface area contributed by atoms with Crippen LogP contribution in [-0.2, 0) is 6.42 Å². The highest BCUT2D eigenvalue weighted by Gasteiger charge is 2.11. The Labute approximate surface area is 147 Å². The first-order chi connectivity index (χ1) is 11.7. The number of rotatable bonds is 6. The lowest BCUT2D eigenvalue weighted by atomic mass is 10.1. The van der Waals surface area contributed by atoms with E-state index >= 15 is 0 Å². The highest BCUT2D eigenvalue weighted by molar-refractivity contribution is 6.30. The summed E-state index contributed by atoms with van der Waals surface area (Å²) in [7, 11) is 0. The van der Waals surface area contributed by atoms with Crippen molar-refractivity contribution in [3.05, 3.63) is 101 Å². The molecule has 1 atom stereocenters. The van der Waals surface area contributed by atoms with Crippen LogP contribution in [0.15, 0.2) is 78.9 Å². The number of ether oxygens (including phenoxy) is 1. The maximum atomic E-state index is 9.58. The van der Waals surface area contributed by atoms with E-state index in [1.807, 2.05) is 78.9 Å².